The van der Waals surface area contributed by atoms with Gasteiger partial charge in [-0.05, 0) is 25.5 Å². The quantitative estimate of drug-likeness (QED) is 0.735. The van der Waals surface area contributed by atoms with Gasteiger partial charge in [-0.3, -0.25) is 14.7 Å². The molecule has 0 amide bonds. The first-order valence-corrected chi connectivity index (χ1v) is 8.76. The zero-order valence-corrected chi connectivity index (χ0v) is 14.6. The van der Waals surface area contributed by atoms with Crippen LogP contribution < -0.4 is 10.9 Å². The molecule has 0 saturated carbocycles. The highest BCUT2D eigenvalue weighted by atomic mass is 16.5. The lowest BCUT2D eigenvalue weighted by molar-refractivity contribution is 0.0378. The largest absolute Gasteiger partial charge is 0.379 e. The van der Waals surface area contributed by atoms with Gasteiger partial charge in [0.1, 0.15) is 5.69 Å². The van der Waals surface area contributed by atoms with Gasteiger partial charge >= 0.3 is 0 Å². The number of nitrogens with zero attached hydrogens (tertiary/aromatic N) is 3. The maximum absolute atomic E-state index is 12.2. The minimum Gasteiger partial charge on any atom is -0.379 e. The first-order valence-electron chi connectivity index (χ1n) is 8.76. The predicted octanol–water partition coefficient (Wildman–Crippen LogP) is 1.20. The second-order valence-corrected chi connectivity index (χ2v) is 6.35. The summed E-state index contributed by atoms with van der Waals surface area (Å²) in [6, 6.07) is 8.07. The van der Waals surface area contributed by atoms with Gasteiger partial charge in [0.05, 0.1) is 13.2 Å². The molecule has 1 aliphatic rings. The van der Waals surface area contributed by atoms with Crippen LogP contribution in [-0.4, -0.2) is 59.5 Å². The fraction of sp³-hybridized carbons (Fsp3) is 0.500. The van der Waals surface area contributed by atoms with Crippen LogP contribution in [0.3, 0.4) is 0 Å². The number of hydrogen-bond donors (Lipinski definition) is 2. The van der Waals surface area contributed by atoms with Gasteiger partial charge in [-0.1, -0.05) is 29.8 Å². The van der Waals surface area contributed by atoms with E-state index >= 15 is 0 Å². The molecule has 2 N–H and O–H groups in total. The molecule has 25 heavy (non-hydrogen) atoms. The van der Waals surface area contributed by atoms with Crippen molar-refractivity contribution in [1.29, 1.82) is 0 Å². The maximum atomic E-state index is 12.2. The van der Waals surface area contributed by atoms with Gasteiger partial charge in [0.2, 0.25) is 5.95 Å². The summed E-state index contributed by atoms with van der Waals surface area (Å²) in [5, 5.41) is 11.3. The highest BCUT2D eigenvalue weighted by Gasteiger charge is 2.09. The molecule has 0 unspecified atom stereocenters. The molecule has 1 saturated heterocycles. The molecule has 1 fully saturated rings. The molecule has 1 aromatic carbocycles. The molecular formula is C18H25N5O2. The molecule has 0 atom stereocenters. The lowest BCUT2D eigenvalue weighted by Gasteiger charge is -2.26. The molecule has 1 aliphatic heterocycles. The highest BCUT2D eigenvalue weighted by molar-refractivity contribution is 5.26. The lowest BCUT2D eigenvalue weighted by Crippen LogP contribution is -2.37. The van der Waals surface area contributed by atoms with Crippen LogP contribution in [0, 0.1) is 6.92 Å². The fourth-order valence-corrected chi connectivity index (χ4v) is 2.79. The molecule has 3 rings (SSSR count). The van der Waals surface area contributed by atoms with Gasteiger partial charge < -0.3 is 10.1 Å². The van der Waals surface area contributed by atoms with Crippen molar-refractivity contribution < 1.29 is 4.74 Å². The van der Waals surface area contributed by atoms with Crippen molar-refractivity contribution in [1.82, 2.24) is 20.1 Å². The number of anilines is 1. The second-order valence-electron chi connectivity index (χ2n) is 6.35. The summed E-state index contributed by atoms with van der Waals surface area (Å²) >= 11 is 0. The fourth-order valence-electron chi connectivity index (χ4n) is 2.79. The van der Waals surface area contributed by atoms with E-state index in [1.165, 1.54) is 5.56 Å². The van der Waals surface area contributed by atoms with Gasteiger partial charge in [-0.2, -0.15) is 0 Å². The van der Waals surface area contributed by atoms with Crippen molar-refractivity contribution >= 4 is 5.95 Å². The Kier molecular flexibility index (Phi) is 6.14. The van der Waals surface area contributed by atoms with E-state index in [0.29, 0.717) is 18.1 Å². The zero-order valence-electron chi connectivity index (χ0n) is 14.6. The van der Waals surface area contributed by atoms with E-state index in [2.05, 4.69) is 25.4 Å². The predicted molar refractivity (Wildman–Crippen MR) is 97.0 cm³/mol. The van der Waals surface area contributed by atoms with Gasteiger partial charge in [0.15, 0.2) is 0 Å². The Bertz CT molecular complexity index is 723. The topological polar surface area (TPSA) is 83.1 Å². The molecule has 2 aromatic rings. The van der Waals surface area contributed by atoms with Gasteiger partial charge in [-0.25, -0.2) is 0 Å². The zero-order chi connectivity index (χ0) is 17.5. The average molecular weight is 343 g/mol. The van der Waals surface area contributed by atoms with Crippen molar-refractivity contribution in [2.45, 2.75) is 19.8 Å². The molecule has 134 valence electrons. The third-order valence-corrected chi connectivity index (χ3v) is 4.30. The van der Waals surface area contributed by atoms with Crippen LogP contribution in [0.4, 0.5) is 5.95 Å². The number of aromatic amines is 1. The first-order chi connectivity index (χ1) is 12.2. The van der Waals surface area contributed by atoms with Crippen LogP contribution in [0.2, 0.25) is 0 Å². The Hall–Kier alpha value is -2.25. The number of aromatic nitrogens is 3. The van der Waals surface area contributed by atoms with E-state index in [1.807, 2.05) is 31.2 Å². The van der Waals surface area contributed by atoms with Crippen molar-refractivity contribution in [3.8, 4) is 0 Å². The van der Waals surface area contributed by atoms with Crippen LogP contribution in [-0.2, 0) is 11.2 Å². The maximum Gasteiger partial charge on any atom is 0.274 e. The van der Waals surface area contributed by atoms with Crippen LogP contribution in [0.5, 0.6) is 0 Å². The summed E-state index contributed by atoms with van der Waals surface area (Å²) in [6.45, 7) is 7.41. The van der Waals surface area contributed by atoms with Crippen LogP contribution in [0.15, 0.2) is 29.1 Å². The van der Waals surface area contributed by atoms with E-state index < -0.39 is 0 Å². The number of rotatable bonds is 7. The van der Waals surface area contributed by atoms with Crippen molar-refractivity contribution in [2.75, 3.05) is 44.7 Å². The van der Waals surface area contributed by atoms with Crippen LogP contribution in [0.25, 0.3) is 0 Å². The minimum atomic E-state index is -0.189. The summed E-state index contributed by atoms with van der Waals surface area (Å²) in [7, 11) is 0. The van der Waals surface area contributed by atoms with E-state index in [4.69, 9.17) is 4.74 Å². The number of aryl methyl sites for hydroxylation is 1. The Morgan fingerprint density at radius 3 is 2.68 bits per heavy atom. The molecule has 1 aromatic heterocycles. The van der Waals surface area contributed by atoms with Crippen LogP contribution in [0.1, 0.15) is 23.2 Å². The highest BCUT2D eigenvalue weighted by Crippen LogP contribution is 2.06. The molecule has 7 heteroatoms. The number of H-pyrrole nitrogens is 1. The number of morpholine rings is 1. The summed E-state index contributed by atoms with van der Waals surface area (Å²) in [5.41, 5.74) is 2.49. The van der Waals surface area contributed by atoms with Crippen molar-refractivity contribution in [2.24, 2.45) is 0 Å². The molecule has 2 heterocycles. The van der Waals surface area contributed by atoms with Gasteiger partial charge in [0.25, 0.3) is 5.56 Å². The first kappa shape index (κ1) is 17.6. The summed E-state index contributed by atoms with van der Waals surface area (Å²) in [4.78, 5) is 17.3. The Balaban J connectivity index is 1.47. The van der Waals surface area contributed by atoms with Crippen molar-refractivity contribution in [3.63, 3.8) is 0 Å². The summed E-state index contributed by atoms with van der Waals surface area (Å²) in [5.74, 6) is 0.430. The average Bonchev–Trinajstić information content (AvgIpc) is 2.63. The van der Waals surface area contributed by atoms with Gasteiger partial charge in [-0.15, -0.1) is 10.2 Å². The number of ether oxygens (including phenoxy) is 1. The Morgan fingerprint density at radius 2 is 1.96 bits per heavy atom. The molecular weight excluding hydrogens is 318 g/mol. The van der Waals surface area contributed by atoms with E-state index in [1.54, 1.807) is 0 Å². The normalized spacial score (nSPS) is 15.2. The Morgan fingerprint density at radius 1 is 1.20 bits per heavy atom. The number of nitrogens with one attached hydrogen (secondary N) is 2. The number of benzene rings is 1. The molecule has 0 spiro atoms. The monoisotopic (exact) mass is 343 g/mol. The third-order valence-electron chi connectivity index (χ3n) is 4.30. The van der Waals surface area contributed by atoms with Crippen LogP contribution >= 0.6 is 0 Å². The standard InChI is InChI=1S/C18H25N5O2/c1-14-3-5-15(6-4-14)13-16-17(24)20-18(22-21-16)19-7-2-8-23-9-11-25-12-10-23/h3-6H,2,7-13H2,1H3,(H2,19,20,22,24). The summed E-state index contributed by atoms with van der Waals surface area (Å²) in [6.07, 6.45) is 1.47. The summed E-state index contributed by atoms with van der Waals surface area (Å²) < 4.78 is 5.33. The minimum absolute atomic E-state index is 0.189. The second kappa shape index (κ2) is 8.73. The Labute approximate surface area is 147 Å². The third kappa shape index (κ3) is 5.37. The molecule has 0 bridgehead atoms. The van der Waals surface area contributed by atoms with E-state index in [9.17, 15) is 4.79 Å². The van der Waals surface area contributed by atoms with Crippen molar-refractivity contribution in [3.05, 3.63) is 51.4 Å². The smallest absolute Gasteiger partial charge is 0.274 e. The molecule has 0 radical (unpaired) electrons. The lowest BCUT2D eigenvalue weighted by atomic mass is 10.1. The van der Waals surface area contributed by atoms with Gasteiger partial charge in [0, 0.05) is 26.1 Å². The SMILES string of the molecule is Cc1ccc(Cc2nnc(NCCCN3CCOCC3)[nH]c2=O)cc1. The van der Waals surface area contributed by atoms with E-state index in [0.717, 1.165) is 51.4 Å². The molecule has 7 nitrogen and oxygen atoms in total. The number of hydrogen-bond acceptors (Lipinski definition) is 6. The van der Waals surface area contributed by atoms with E-state index in [-0.39, 0.29) is 5.56 Å². The molecule has 0 aliphatic carbocycles.